The number of piperidine rings is 1. The van der Waals surface area contributed by atoms with E-state index in [1.807, 2.05) is 23.1 Å². The van der Waals surface area contributed by atoms with E-state index in [0.29, 0.717) is 6.54 Å². The fourth-order valence-electron chi connectivity index (χ4n) is 3.44. The molecule has 1 aliphatic rings. The van der Waals surface area contributed by atoms with Gasteiger partial charge in [0.1, 0.15) is 6.33 Å². The van der Waals surface area contributed by atoms with Crippen LogP contribution in [0.1, 0.15) is 50.0 Å². The molecule has 0 spiro atoms. The first-order valence-corrected chi connectivity index (χ1v) is 9.25. The zero-order valence-corrected chi connectivity index (χ0v) is 14.9. The number of hydrogen-bond donors (Lipinski definition) is 1. The van der Waals surface area contributed by atoms with Gasteiger partial charge in [0.25, 0.3) is 0 Å². The van der Waals surface area contributed by atoms with Gasteiger partial charge in [-0.3, -0.25) is 0 Å². The zero-order valence-electron chi connectivity index (χ0n) is 14.9. The minimum absolute atomic E-state index is 0.00618. The lowest BCUT2D eigenvalue weighted by Gasteiger charge is -2.35. The molecule has 1 N–H and O–H groups in total. The summed E-state index contributed by atoms with van der Waals surface area (Å²) >= 11 is 0. The molecule has 1 unspecified atom stereocenters. The minimum Gasteiger partial charge on any atom is -0.338 e. The quantitative estimate of drug-likeness (QED) is 0.878. The molecule has 0 aliphatic carbocycles. The molecule has 1 aliphatic heterocycles. The van der Waals surface area contributed by atoms with Crippen LogP contribution in [0.25, 0.3) is 0 Å². The van der Waals surface area contributed by atoms with Crippen molar-refractivity contribution >= 4 is 6.03 Å². The molecule has 0 radical (unpaired) electrons. The van der Waals surface area contributed by atoms with Crippen LogP contribution in [0.5, 0.6) is 0 Å². The van der Waals surface area contributed by atoms with Crippen molar-refractivity contribution in [2.45, 2.75) is 51.6 Å². The average molecular weight is 341 g/mol. The fourth-order valence-corrected chi connectivity index (χ4v) is 3.44. The summed E-state index contributed by atoms with van der Waals surface area (Å²) in [6, 6.07) is 10.3. The van der Waals surface area contributed by atoms with Gasteiger partial charge in [0.15, 0.2) is 5.82 Å². The summed E-state index contributed by atoms with van der Waals surface area (Å²) in [7, 11) is 0. The number of nitrogens with one attached hydrogen (secondary N) is 1. The van der Waals surface area contributed by atoms with Crippen molar-refractivity contribution in [3.05, 3.63) is 48.0 Å². The average Bonchev–Trinajstić information content (AvgIpc) is 3.11. The van der Waals surface area contributed by atoms with Gasteiger partial charge in [0.2, 0.25) is 0 Å². The second kappa shape index (κ2) is 8.65. The molecule has 2 aromatic rings. The molecule has 2 heterocycles. The largest absolute Gasteiger partial charge is 0.338 e. The van der Waals surface area contributed by atoms with Gasteiger partial charge in [-0.25, -0.2) is 4.79 Å². The van der Waals surface area contributed by atoms with Crippen molar-refractivity contribution in [1.29, 1.82) is 0 Å². The van der Waals surface area contributed by atoms with Gasteiger partial charge in [-0.2, -0.15) is 0 Å². The predicted molar refractivity (Wildman–Crippen MR) is 97.2 cm³/mol. The molecule has 6 nitrogen and oxygen atoms in total. The van der Waals surface area contributed by atoms with Crippen LogP contribution in [-0.2, 0) is 13.0 Å². The van der Waals surface area contributed by atoms with Crippen LogP contribution in [0, 0.1) is 0 Å². The van der Waals surface area contributed by atoms with E-state index in [1.165, 1.54) is 5.56 Å². The minimum atomic E-state index is 0.00618. The Bertz CT molecular complexity index is 669. The normalized spacial score (nSPS) is 17.5. The molecule has 1 aromatic carbocycles. The highest BCUT2D eigenvalue weighted by molar-refractivity contribution is 5.74. The molecule has 3 rings (SSSR count). The Balaban J connectivity index is 1.62. The molecule has 1 saturated heterocycles. The standard InChI is InChI=1S/C19H27N5O/c1-2-13-23-15-21-22-18(23)17-10-6-7-14-24(17)19(25)20-12-11-16-8-4-3-5-9-16/h3-5,8-9,15,17H,2,6-7,10-14H2,1H3,(H,20,25). The number of likely N-dealkylation sites (tertiary alicyclic amines) is 1. The van der Waals surface area contributed by atoms with Crippen LogP contribution in [0.2, 0.25) is 0 Å². The van der Waals surface area contributed by atoms with Gasteiger partial charge in [-0.1, -0.05) is 37.3 Å². The lowest BCUT2D eigenvalue weighted by molar-refractivity contribution is 0.145. The summed E-state index contributed by atoms with van der Waals surface area (Å²) in [4.78, 5) is 14.7. The van der Waals surface area contributed by atoms with Gasteiger partial charge >= 0.3 is 6.03 Å². The summed E-state index contributed by atoms with van der Waals surface area (Å²) in [6.07, 6.45) is 6.77. The van der Waals surface area contributed by atoms with Gasteiger partial charge < -0.3 is 14.8 Å². The monoisotopic (exact) mass is 341 g/mol. The lowest BCUT2D eigenvalue weighted by atomic mass is 10.0. The summed E-state index contributed by atoms with van der Waals surface area (Å²) in [5.74, 6) is 0.916. The maximum atomic E-state index is 12.7. The molecule has 0 saturated carbocycles. The van der Waals surface area contributed by atoms with Gasteiger partial charge in [-0.15, -0.1) is 10.2 Å². The van der Waals surface area contributed by atoms with E-state index >= 15 is 0 Å². The maximum absolute atomic E-state index is 12.7. The topological polar surface area (TPSA) is 63.1 Å². The molecule has 6 heteroatoms. The Morgan fingerprint density at radius 2 is 2.12 bits per heavy atom. The van der Waals surface area contributed by atoms with Gasteiger partial charge in [-0.05, 0) is 37.7 Å². The van der Waals surface area contributed by atoms with E-state index in [0.717, 1.165) is 51.0 Å². The number of nitrogens with zero attached hydrogens (tertiary/aromatic N) is 4. The van der Waals surface area contributed by atoms with E-state index in [2.05, 4.69) is 39.1 Å². The van der Waals surface area contributed by atoms with Crippen LogP contribution in [0.3, 0.4) is 0 Å². The van der Waals surface area contributed by atoms with Crippen LogP contribution in [0.4, 0.5) is 4.79 Å². The number of carbonyl (C=O) groups is 1. The van der Waals surface area contributed by atoms with Crippen molar-refractivity contribution in [2.75, 3.05) is 13.1 Å². The number of aromatic nitrogens is 3. The predicted octanol–water partition coefficient (Wildman–Crippen LogP) is 3.17. The first kappa shape index (κ1) is 17.5. The zero-order chi connectivity index (χ0) is 17.5. The van der Waals surface area contributed by atoms with E-state index in [1.54, 1.807) is 6.33 Å². The molecule has 1 atom stereocenters. The highest BCUT2D eigenvalue weighted by atomic mass is 16.2. The smallest absolute Gasteiger partial charge is 0.318 e. The van der Waals surface area contributed by atoms with Crippen LogP contribution in [0.15, 0.2) is 36.7 Å². The maximum Gasteiger partial charge on any atom is 0.318 e. The van der Waals surface area contributed by atoms with Gasteiger partial charge in [0.05, 0.1) is 6.04 Å². The first-order chi connectivity index (χ1) is 12.3. The van der Waals surface area contributed by atoms with Crippen LogP contribution in [-0.4, -0.2) is 38.8 Å². The number of benzene rings is 1. The second-order valence-electron chi connectivity index (χ2n) is 6.56. The molecular formula is C19H27N5O. The third-order valence-corrected chi connectivity index (χ3v) is 4.70. The lowest BCUT2D eigenvalue weighted by Crippen LogP contribution is -2.45. The van der Waals surface area contributed by atoms with Crippen LogP contribution < -0.4 is 5.32 Å². The summed E-state index contributed by atoms with van der Waals surface area (Å²) in [5.41, 5.74) is 1.24. The van der Waals surface area contributed by atoms with E-state index in [9.17, 15) is 4.79 Å². The van der Waals surface area contributed by atoms with Crippen molar-refractivity contribution in [2.24, 2.45) is 0 Å². The van der Waals surface area contributed by atoms with Crippen molar-refractivity contribution < 1.29 is 4.79 Å². The molecular weight excluding hydrogens is 314 g/mol. The number of rotatable bonds is 6. The Labute approximate surface area is 149 Å². The Hall–Kier alpha value is -2.37. The second-order valence-corrected chi connectivity index (χ2v) is 6.56. The third-order valence-electron chi connectivity index (χ3n) is 4.70. The number of hydrogen-bond acceptors (Lipinski definition) is 3. The highest BCUT2D eigenvalue weighted by Crippen LogP contribution is 2.29. The summed E-state index contributed by atoms with van der Waals surface area (Å²) in [6.45, 7) is 4.45. The Kier molecular flexibility index (Phi) is 6.04. The molecule has 25 heavy (non-hydrogen) atoms. The molecule has 1 fully saturated rings. The molecule has 134 valence electrons. The number of urea groups is 1. The van der Waals surface area contributed by atoms with Crippen molar-refractivity contribution in [3.63, 3.8) is 0 Å². The Morgan fingerprint density at radius 3 is 2.92 bits per heavy atom. The SMILES string of the molecule is CCCn1cnnc1C1CCCCN1C(=O)NCCc1ccccc1. The number of aryl methyl sites for hydroxylation is 1. The van der Waals surface area contributed by atoms with E-state index in [4.69, 9.17) is 0 Å². The van der Waals surface area contributed by atoms with Crippen molar-refractivity contribution in [1.82, 2.24) is 25.0 Å². The van der Waals surface area contributed by atoms with Crippen molar-refractivity contribution in [3.8, 4) is 0 Å². The molecule has 0 bridgehead atoms. The molecule has 2 amide bonds. The van der Waals surface area contributed by atoms with Gasteiger partial charge in [0, 0.05) is 19.6 Å². The molecule has 1 aromatic heterocycles. The Morgan fingerprint density at radius 1 is 1.28 bits per heavy atom. The first-order valence-electron chi connectivity index (χ1n) is 9.25. The highest BCUT2D eigenvalue weighted by Gasteiger charge is 2.31. The third kappa shape index (κ3) is 4.38. The van der Waals surface area contributed by atoms with Crippen LogP contribution >= 0.6 is 0 Å². The number of amides is 2. The number of carbonyl (C=O) groups excluding carboxylic acids is 1. The fraction of sp³-hybridized carbons (Fsp3) is 0.526. The summed E-state index contributed by atoms with van der Waals surface area (Å²) < 4.78 is 2.08. The van der Waals surface area contributed by atoms with E-state index < -0.39 is 0 Å². The summed E-state index contributed by atoms with van der Waals surface area (Å²) in [5, 5.41) is 11.5. The van der Waals surface area contributed by atoms with E-state index in [-0.39, 0.29) is 12.1 Å².